The highest BCUT2D eigenvalue weighted by atomic mass is 19.1. The van der Waals surface area contributed by atoms with Gasteiger partial charge in [-0.15, -0.1) is 0 Å². The highest BCUT2D eigenvalue weighted by Crippen LogP contribution is 2.23. The van der Waals surface area contributed by atoms with Crippen molar-refractivity contribution in [2.75, 3.05) is 24.6 Å². The molecule has 76 valence electrons. The summed E-state index contributed by atoms with van der Waals surface area (Å²) in [6.07, 6.45) is 1.02. The van der Waals surface area contributed by atoms with Gasteiger partial charge in [0.2, 0.25) is 0 Å². The van der Waals surface area contributed by atoms with Gasteiger partial charge in [-0.05, 0) is 30.7 Å². The summed E-state index contributed by atoms with van der Waals surface area (Å²) in [6, 6.07) is 6.52. The number of nitrogens with zero attached hydrogens (tertiary/aromatic N) is 1. The van der Waals surface area contributed by atoms with Crippen LogP contribution < -0.4 is 4.90 Å². The predicted molar refractivity (Wildman–Crippen MR) is 53.8 cm³/mol. The number of benzene rings is 1. The van der Waals surface area contributed by atoms with Gasteiger partial charge in [0.25, 0.3) is 0 Å². The molecule has 1 aliphatic heterocycles. The van der Waals surface area contributed by atoms with Crippen molar-refractivity contribution >= 4 is 5.69 Å². The molecule has 0 saturated carbocycles. The first kappa shape index (κ1) is 9.46. The minimum atomic E-state index is -0.202. The minimum absolute atomic E-state index is 0.202. The molecule has 0 radical (unpaired) electrons. The Kier molecular flexibility index (Phi) is 2.68. The highest BCUT2D eigenvalue weighted by Gasteiger charge is 2.21. The number of aliphatic hydroxyl groups is 1. The van der Waals surface area contributed by atoms with Crippen LogP contribution in [0.25, 0.3) is 0 Å². The summed E-state index contributed by atoms with van der Waals surface area (Å²) >= 11 is 0. The van der Waals surface area contributed by atoms with Crippen molar-refractivity contribution < 1.29 is 9.50 Å². The van der Waals surface area contributed by atoms with Crippen LogP contribution >= 0.6 is 0 Å². The lowest BCUT2D eigenvalue weighted by molar-refractivity contribution is 0.238. The van der Waals surface area contributed by atoms with Crippen LogP contribution in [0.15, 0.2) is 24.3 Å². The number of hydrogen-bond donors (Lipinski definition) is 1. The molecule has 0 aliphatic carbocycles. The largest absolute Gasteiger partial charge is 0.396 e. The van der Waals surface area contributed by atoms with Crippen molar-refractivity contribution in [3.05, 3.63) is 30.1 Å². The van der Waals surface area contributed by atoms with Crippen molar-refractivity contribution in [3.8, 4) is 0 Å². The molecule has 0 bridgehead atoms. The van der Waals surface area contributed by atoms with Gasteiger partial charge in [-0.25, -0.2) is 4.39 Å². The summed E-state index contributed by atoms with van der Waals surface area (Å²) in [5.74, 6) is 0.173. The number of halogens is 1. The fourth-order valence-electron chi connectivity index (χ4n) is 1.87. The van der Waals surface area contributed by atoms with E-state index < -0.39 is 0 Å². The molecule has 0 unspecified atom stereocenters. The molecule has 0 spiro atoms. The zero-order valence-electron chi connectivity index (χ0n) is 7.99. The van der Waals surface area contributed by atoms with E-state index in [1.54, 1.807) is 12.1 Å². The second kappa shape index (κ2) is 3.96. The first-order chi connectivity index (χ1) is 6.79. The van der Waals surface area contributed by atoms with Crippen LogP contribution in [0.2, 0.25) is 0 Å². The van der Waals surface area contributed by atoms with Crippen molar-refractivity contribution in [2.45, 2.75) is 6.42 Å². The van der Waals surface area contributed by atoms with E-state index in [0.717, 1.165) is 25.2 Å². The summed E-state index contributed by atoms with van der Waals surface area (Å²) in [4.78, 5) is 2.18. The van der Waals surface area contributed by atoms with Crippen LogP contribution in [-0.4, -0.2) is 24.8 Å². The molecule has 3 heteroatoms. The van der Waals surface area contributed by atoms with Crippen LogP contribution in [0.3, 0.4) is 0 Å². The molecule has 1 N–H and O–H groups in total. The fourth-order valence-corrected chi connectivity index (χ4v) is 1.87. The van der Waals surface area contributed by atoms with Crippen molar-refractivity contribution in [1.82, 2.24) is 0 Å². The van der Waals surface area contributed by atoms with Gasteiger partial charge in [0.1, 0.15) is 5.82 Å². The molecule has 1 heterocycles. The number of rotatable bonds is 2. The van der Waals surface area contributed by atoms with Crippen molar-refractivity contribution in [3.63, 3.8) is 0 Å². The lowest BCUT2D eigenvalue weighted by Gasteiger charge is -2.18. The van der Waals surface area contributed by atoms with Crippen molar-refractivity contribution in [2.24, 2.45) is 5.92 Å². The highest BCUT2D eigenvalue weighted by molar-refractivity contribution is 5.47. The molecule has 1 aromatic carbocycles. The lowest BCUT2D eigenvalue weighted by atomic mass is 10.1. The normalized spacial score (nSPS) is 21.6. The zero-order chi connectivity index (χ0) is 9.97. The summed E-state index contributed by atoms with van der Waals surface area (Å²) in [7, 11) is 0. The van der Waals surface area contributed by atoms with E-state index >= 15 is 0 Å². The number of anilines is 1. The standard InChI is InChI=1S/C11H14FNO/c12-10-1-3-11(4-2-10)13-6-5-9(7-13)8-14/h1-4,9,14H,5-8H2/t9-/m0/s1. The third-order valence-corrected chi connectivity index (χ3v) is 2.74. The van der Waals surface area contributed by atoms with Crippen LogP contribution in [-0.2, 0) is 0 Å². The van der Waals surface area contributed by atoms with Gasteiger partial charge >= 0.3 is 0 Å². The van der Waals surface area contributed by atoms with Gasteiger partial charge in [0.15, 0.2) is 0 Å². The van der Waals surface area contributed by atoms with E-state index in [1.165, 1.54) is 12.1 Å². The maximum absolute atomic E-state index is 12.7. The SMILES string of the molecule is OC[C@H]1CCN(c2ccc(F)cc2)C1. The van der Waals surface area contributed by atoms with Crippen LogP contribution in [0, 0.1) is 11.7 Å². The van der Waals surface area contributed by atoms with E-state index in [4.69, 9.17) is 5.11 Å². The van der Waals surface area contributed by atoms with Gasteiger partial charge in [-0.3, -0.25) is 0 Å². The molecule has 14 heavy (non-hydrogen) atoms. The molecule has 1 saturated heterocycles. The van der Waals surface area contributed by atoms with E-state index in [1.807, 2.05) is 0 Å². The molecule has 1 aromatic rings. The topological polar surface area (TPSA) is 23.5 Å². The van der Waals surface area contributed by atoms with Gasteiger partial charge in [-0.2, -0.15) is 0 Å². The number of hydrogen-bond acceptors (Lipinski definition) is 2. The smallest absolute Gasteiger partial charge is 0.123 e. The number of aliphatic hydroxyl groups excluding tert-OH is 1. The van der Waals surface area contributed by atoms with Crippen LogP contribution in [0.5, 0.6) is 0 Å². The third kappa shape index (κ3) is 1.87. The molecular formula is C11H14FNO. The maximum atomic E-state index is 12.7. The molecule has 1 aliphatic rings. The Bertz CT molecular complexity index is 299. The molecular weight excluding hydrogens is 181 g/mol. The van der Waals surface area contributed by atoms with Gasteiger partial charge in [0, 0.05) is 31.3 Å². The Hall–Kier alpha value is -1.09. The average molecular weight is 195 g/mol. The van der Waals surface area contributed by atoms with Gasteiger partial charge in [0.05, 0.1) is 0 Å². The van der Waals surface area contributed by atoms with Crippen LogP contribution in [0.4, 0.5) is 10.1 Å². The molecule has 1 atom stereocenters. The first-order valence-electron chi connectivity index (χ1n) is 4.91. The zero-order valence-corrected chi connectivity index (χ0v) is 7.99. The maximum Gasteiger partial charge on any atom is 0.123 e. The van der Waals surface area contributed by atoms with Gasteiger partial charge in [-0.1, -0.05) is 0 Å². The third-order valence-electron chi connectivity index (χ3n) is 2.74. The minimum Gasteiger partial charge on any atom is -0.396 e. The fraction of sp³-hybridized carbons (Fsp3) is 0.455. The van der Waals surface area contributed by atoms with E-state index in [0.29, 0.717) is 5.92 Å². The Morgan fingerprint density at radius 2 is 2.07 bits per heavy atom. The Morgan fingerprint density at radius 3 is 2.64 bits per heavy atom. The Labute approximate surface area is 83.0 Å². The first-order valence-corrected chi connectivity index (χ1v) is 4.91. The molecule has 2 nitrogen and oxygen atoms in total. The van der Waals surface area contributed by atoms with E-state index in [2.05, 4.69) is 4.90 Å². The molecule has 1 fully saturated rings. The Balaban J connectivity index is 2.06. The predicted octanol–water partition coefficient (Wildman–Crippen LogP) is 1.64. The summed E-state index contributed by atoms with van der Waals surface area (Å²) in [6.45, 7) is 2.08. The summed E-state index contributed by atoms with van der Waals surface area (Å²) in [5, 5.41) is 8.99. The van der Waals surface area contributed by atoms with Crippen LogP contribution in [0.1, 0.15) is 6.42 Å². The monoisotopic (exact) mass is 195 g/mol. The average Bonchev–Trinajstić information content (AvgIpc) is 2.67. The molecule has 0 aromatic heterocycles. The second-order valence-corrected chi connectivity index (χ2v) is 3.76. The van der Waals surface area contributed by atoms with E-state index in [-0.39, 0.29) is 12.4 Å². The molecule has 2 rings (SSSR count). The van der Waals surface area contributed by atoms with Gasteiger partial charge < -0.3 is 10.0 Å². The molecule has 0 amide bonds. The second-order valence-electron chi connectivity index (χ2n) is 3.76. The Morgan fingerprint density at radius 1 is 1.36 bits per heavy atom. The summed E-state index contributed by atoms with van der Waals surface area (Å²) in [5.41, 5.74) is 1.04. The van der Waals surface area contributed by atoms with E-state index in [9.17, 15) is 4.39 Å². The van der Waals surface area contributed by atoms with Crippen molar-refractivity contribution in [1.29, 1.82) is 0 Å². The summed E-state index contributed by atoms with van der Waals surface area (Å²) < 4.78 is 12.7. The quantitative estimate of drug-likeness (QED) is 0.775. The lowest BCUT2D eigenvalue weighted by Crippen LogP contribution is -2.20.